The number of fused-ring (bicyclic) bond motifs is 1. The van der Waals surface area contributed by atoms with Crippen LogP contribution in [0.4, 0.5) is 10.5 Å². The molecular formula is C20H23N3O5. The van der Waals surface area contributed by atoms with E-state index >= 15 is 0 Å². The van der Waals surface area contributed by atoms with Crippen molar-refractivity contribution in [1.82, 2.24) is 10.2 Å². The Kier molecular flexibility index (Phi) is 4.56. The lowest BCUT2D eigenvalue weighted by Crippen LogP contribution is -2.44. The molecule has 1 spiro atoms. The summed E-state index contributed by atoms with van der Waals surface area (Å²) in [4.78, 5) is 52.0. The Bertz CT molecular complexity index is 846. The second kappa shape index (κ2) is 6.92. The minimum atomic E-state index is -0.859. The fraction of sp³-hybridized carbons (Fsp3) is 0.500. The third-order valence-electron chi connectivity index (χ3n) is 5.82. The first-order valence-electron chi connectivity index (χ1n) is 9.61. The van der Waals surface area contributed by atoms with Crippen LogP contribution >= 0.6 is 0 Å². The number of imide groups is 1. The molecule has 148 valence electrons. The van der Waals surface area contributed by atoms with E-state index in [2.05, 4.69) is 5.32 Å². The highest BCUT2D eigenvalue weighted by atomic mass is 16.5. The highest BCUT2D eigenvalue weighted by Crippen LogP contribution is 2.35. The van der Waals surface area contributed by atoms with Gasteiger partial charge in [-0.25, -0.2) is 4.79 Å². The molecule has 1 atom stereocenters. The number of esters is 1. The van der Waals surface area contributed by atoms with Crippen LogP contribution in [0.2, 0.25) is 0 Å². The van der Waals surface area contributed by atoms with E-state index in [4.69, 9.17) is 4.74 Å². The first kappa shape index (κ1) is 18.5. The maximum atomic E-state index is 12.6. The lowest BCUT2D eigenvalue weighted by molar-refractivity contribution is -0.150. The topological polar surface area (TPSA) is 96.0 Å². The van der Waals surface area contributed by atoms with Gasteiger partial charge in [0.25, 0.3) is 11.8 Å². The van der Waals surface area contributed by atoms with Gasteiger partial charge in [0.1, 0.15) is 12.1 Å². The summed E-state index contributed by atoms with van der Waals surface area (Å²) in [5.74, 6) is -1.47. The number of nitrogens with zero attached hydrogens (tertiary/aromatic N) is 2. The van der Waals surface area contributed by atoms with E-state index in [0.29, 0.717) is 12.8 Å². The maximum absolute atomic E-state index is 12.6. The van der Waals surface area contributed by atoms with Crippen molar-refractivity contribution in [3.8, 4) is 0 Å². The Morgan fingerprint density at radius 3 is 2.68 bits per heavy atom. The van der Waals surface area contributed by atoms with E-state index in [1.165, 1.54) is 0 Å². The number of amides is 4. The maximum Gasteiger partial charge on any atom is 0.326 e. The summed E-state index contributed by atoms with van der Waals surface area (Å²) in [5, 5.41) is 2.72. The molecule has 1 saturated heterocycles. The largest absolute Gasteiger partial charge is 0.454 e. The number of benzene rings is 1. The SMILES string of the molecule is C[C@@H]1Cc2ccccc2N1C(=O)COC(=O)CN1C(=O)NC2(CCCC2)C1=O. The molecule has 0 radical (unpaired) electrons. The van der Waals surface area contributed by atoms with E-state index in [-0.39, 0.29) is 17.9 Å². The molecule has 0 aromatic heterocycles. The number of para-hydroxylation sites is 1. The van der Waals surface area contributed by atoms with Crippen molar-refractivity contribution in [2.24, 2.45) is 0 Å². The number of carbonyl (C=O) groups is 4. The van der Waals surface area contributed by atoms with Gasteiger partial charge in [-0.05, 0) is 37.8 Å². The van der Waals surface area contributed by atoms with Crippen LogP contribution in [0.25, 0.3) is 0 Å². The summed E-state index contributed by atoms with van der Waals surface area (Å²) in [6.45, 7) is 1.03. The fourth-order valence-corrected chi connectivity index (χ4v) is 4.47. The van der Waals surface area contributed by atoms with Gasteiger partial charge in [-0.1, -0.05) is 31.0 Å². The third-order valence-corrected chi connectivity index (χ3v) is 5.82. The van der Waals surface area contributed by atoms with Crippen LogP contribution in [0.3, 0.4) is 0 Å². The molecule has 4 rings (SSSR count). The average molecular weight is 385 g/mol. The average Bonchev–Trinajstić information content (AvgIpc) is 3.33. The Labute approximate surface area is 162 Å². The molecule has 1 aromatic carbocycles. The van der Waals surface area contributed by atoms with Crippen molar-refractivity contribution in [1.29, 1.82) is 0 Å². The predicted molar refractivity (Wildman–Crippen MR) is 99.5 cm³/mol. The first-order chi connectivity index (χ1) is 13.4. The molecule has 2 heterocycles. The van der Waals surface area contributed by atoms with Crippen LogP contribution in [-0.2, 0) is 25.5 Å². The van der Waals surface area contributed by atoms with E-state index in [0.717, 1.165) is 35.4 Å². The van der Waals surface area contributed by atoms with Gasteiger partial charge < -0.3 is 15.0 Å². The number of hydrogen-bond acceptors (Lipinski definition) is 5. The van der Waals surface area contributed by atoms with Gasteiger partial charge in [-0.15, -0.1) is 0 Å². The molecule has 3 aliphatic rings. The zero-order valence-electron chi connectivity index (χ0n) is 15.8. The lowest BCUT2D eigenvalue weighted by atomic mass is 9.98. The van der Waals surface area contributed by atoms with Gasteiger partial charge in [-0.2, -0.15) is 0 Å². The standard InChI is InChI=1S/C20H23N3O5/c1-13-10-14-6-2-3-7-15(14)23(13)16(24)12-28-17(25)11-22-18(26)20(21-19(22)27)8-4-5-9-20/h2-3,6-7,13H,4-5,8-12H2,1H3,(H,21,27)/t13-/m1/s1. The van der Waals surface area contributed by atoms with Crippen LogP contribution in [0.15, 0.2) is 24.3 Å². The van der Waals surface area contributed by atoms with Crippen molar-refractivity contribution in [2.45, 2.75) is 50.6 Å². The van der Waals surface area contributed by atoms with E-state index < -0.39 is 30.7 Å². The van der Waals surface area contributed by atoms with E-state index in [1.807, 2.05) is 31.2 Å². The zero-order chi connectivity index (χ0) is 19.9. The number of nitrogens with one attached hydrogen (secondary N) is 1. The summed E-state index contributed by atoms with van der Waals surface area (Å²) < 4.78 is 5.09. The minimum Gasteiger partial charge on any atom is -0.454 e. The number of anilines is 1. The molecule has 2 fully saturated rings. The second-order valence-corrected chi connectivity index (χ2v) is 7.72. The number of carbonyl (C=O) groups excluding carboxylic acids is 4. The summed E-state index contributed by atoms with van der Waals surface area (Å²) >= 11 is 0. The van der Waals surface area contributed by atoms with Crippen LogP contribution in [0.1, 0.15) is 38.2 Å². The molecule has 8 nitrogen and oxygen atoms in total. The summed E-state index contributed by atoms with van der Waals surface area (Å²) in [5.41, 5.74) is 1.05. The number of urea groups is 1. The molecule has 1 aliphatic carbocycles. The van der Waals surface area contributed by atoms with Crippen LogP contribution in [0.5, 0.6) is 0 Å². The molecule has 4 amide bonds. The van der Waals surface area contributed by atoms with Gasteiger partial charge in [0, 0.05) is 11.7 Å². The second-order valence-electron chi connectivity index (χ2n) is 7.72. The van der Waals surface area contributed by atoms with Crippen molar-refractivity contribution >= 4 is 29.5 Å². The minimum absolute atomic E-state index is 0.0169. The number of ether oxygens (including phenoxy) is 1. The smallest absolute Gasteiger partial charge is 0.326 e. The van der Waals surface area contributed by atoms with E-state index in [1.54, 1.807) is 4.90 Å². The highest BCUT2D eigenvalue weighted by Gasteiger charge is 2.52. The molecule has 1 saturated carbocycles. The molecule has 28 heavy (non-hydrogen) atoms. The van der Waals surface area contributed by atoms with Gasteiger partial charge >= 0.3 is 12.0 Å². The van der Waals surface area contributed by atoms with Crippen molar-refractivity contribution in [3.05, 3.63) is 29.8 Å². The molecule has 1 aromatic rings. The predicted octanol–water partition coefficient (Wildman–Crippen LogP) is 1.37. The molecule has 0 bridgehead atoms. The van der Waals surface area contributed by atoms with Crippen LogP contribution in [-0.4, -0.2) is 53.4 Å². The first-order valence-corrected chi connectivity index (χ1v) is 9.61. The lowest BCUT2D eigenvalue weighted by Gasteiger charge is -2.23. The third kappa shape index (κ3) is 3.02. The Balaban J connectivity index is 1.34. The summed E-state index contributed by atoms with van der Waals surface area (Å²) in [6.07, 6.45) is 3.67. The summed E-state index contributed by atoms with van der Waals surface area (Å²) in [7, 11) is 0. The normalized spacial score (nSPS) is 22.5. The molecule has 8 heteroatoms. The quantitative estimate of drug-likeness (QED) is 0.624. The van der Waals surface area contributed by atoms with Crippen LogP contribution in [0, 0.1) is 0 Å². The molecule has 1 N–H and O–H groups in total. The van der Waals surface area contributed by atoms with Crippen molar-refractivity contribution in [3.63, 3.8) is 0 Å². The van der Waals surface area contributed by atoms with Gasteiger partial charge in [0.2, 0.25) is 0 Å². The van der Waals surface area contributed by atoms with Gasteiger partial charge in [0.15, 0.2) is 6.61 Å². The van der Waals surface area contributed by atoms with E-state index in [9.17, 15) is 19.2 Å². The van der Waals surface area contributed by atoms with Crippen molar-refractivity contribution in [2.75, 3.05) is 18.1 Å². The summed E-state index contributed by atoms with van der Waals surface area (Å²) in [6, 6.07) is 7.04. The molecule has 0 unspecified atom stereocenters. The monoisotopic (exact) mass is 385 g/mol. The van der Waals surface area contributed by atoms with Crippen LogP contribution < -0.4 is 10.2 Å². The van der Waals surface area contributed by atoms with Crippen molar-refractivity contribution < 1.29 is 23.9 Å². The van der Waals surface area contributed by atoms with Gasteiger partial charge in [-0.3, -0.25) is 19.3 Å². The van der Waals surface area contributed by atoms with Gasteiger partial charge in [0.05, 0.1) is 0 Å². The Morgan fingerprint density at radius 1 is 1.21 bits per heavy atom. The number of rotatable bonds is 4. The zero-order valence-corrected chi connectivity index (χ0v) is 15.8. The highest BCUT2D eigenvalue weighted by molar-refractivity contribution is 6.09. The Hall–Kier alpha value is -2.90. The fourth-order valence-electron chi connectivity index (χ4n) is 4.47. The number of hydrogen-bond donors (Lipinski definition) is 1. The Morgan fingerprint density at radius 2 is 1.93 bits per heavy atom. The molecule has 2 aliphatic heterocycles. The molecular weight excluding hydrogens is 362 g/mol.